The highest BCUT2D eigenvalue weighted by Gasteiger charge is 2.30. The van der Waals surface area contributed by atoms with Gasteiger partial charge < -0.3 is 9.88 Å². The summed E-state index contributed by atoms with van der Waals surface area (Å²) in [6.07, 6.45) is 2.03. The number of aromatic nitrogens is 2. The van der Waals surface area contributed by atoms with Crippen LogP contribution in [0.15, 0.2) is 54.6 Å². The summed E-state index contributed by atoms with van der Waals surface area (Å²) < 4.78 is 2.13. The van der Waals surface area contributed by atoms with Gasteiger partial charge in [-0.3, -0.25) is 4.79 Å². The SMILES string of the molecule is Cc1cccc(NC(=O)c2nc(Cc3ccccc3)n3c2CB(C#N)CC3)c1. The number of nitriles is 1. The maximum atomic E-state index is 13.0. The molecular formula is C22H21BN4O. The molecule has 1 N–H and O–H groups in total. The van der Waals surface area contributed by atoms with Crippen molar-refractivity contribution >= 4 is 18.3 Å². The van der Waals surface area contributed by atoms with E-state index in [0.717, 1.165) is 41.2 Å². The second kappa shape index (κ2) is 7.73. The van der Waals surface area contributed by atoms with E-state index in [1.54, 1.807) is 0 Å². The van der Waals surface area contributed by atoms with Crippen molar-refractivity contribution in [1.82, 2.24) is 9.55 Å². The Morgan fingerprint density at radius 1 is 1.25 bits per heavy atom. The summed E-state index contributed by atoms with van der Waals surface area (Å²) in [5, 5.41) is 12.3. The molecule has 1 amide bonds. The first-order valence-corrected chi connectivity index (χ1v) is 9.54. The molecule has 0 fully saturated rings. The van der Waals surface area contributed by atoms with Crippen LogP contribution in [0.2, 0.25) is 6.32 Å². The summed E-state index contributed by atoms with van der Waals surface area (Å²) in [4.78, 5) is 17.7. The summed E-state index contributed by atoms with van der Waals surface area (Å²) in [5.41, 5.74) is 4.30. The Bertz CT molecular complexity index is 1050. The van der Waals surface area contributed by atoms with E-state index in [1.807, 2.05) is 49.4 Å². The van der Waals surface area contributed by atoms with Crippen molar-refractivity contribution in [3.8, 4) is 5.97 Å². The second-order valence-corrected chi connectivity index (χ2v) is 7.28. The molecule has 1 aromatic heterocycles. The zero-order chi connectivity index (χ0) is 19.5. The van der Waals surface area contributed by atoms with Gasteiger partial charge in [-0.15, -0.1) is 0 Å². The summed E-state index contributed by atoms with van der Waals surface area (Å²) in [7, 11) is 0. The molecular weight excluding hydrogens is 347 g/mol. The van der Waals surface area contributed by atoms with E-state index in [1.165, 1.54) is 0 Å². The monoisotopic (exact) mass is 368 g/mol. The maximum Gasteiger partial charge on any atom is 0.276 e. The molecule has 1 aliphatic heterocycles. The predicted octanol–water partition coefficient (Wildman–Crippen LogP) is 3.69. The molecule has 5 nitrogen and oxygen atoms in total. The van der Waals surface area contributed by atoms with Gasteiger partial charge in [0.25, 0.3) is 12.6 Å². The van der Waals surface area contributed by atoms with Gasteiger partial charge in [0.15, 0.2) is 0 Å². The van der Waals surface area contributed by atoms with Crippen molar-refractivity contribution in [2.75, 3.05) is 5.32 Å². The van der Waals surface area contributed by atoms with Gasteiger partial charge in [-0.05, 0) is 42.8 Å². The number of anilines is 1. The molecule has 2 aromatic carbocycles. The number of carbonyl (C=O) groups is 1. The van der Waals surface area contributed by atoms with Gasteiger partial charge in [0.05, 0.1) is 0 Å². The van der Waals surface area contributed by atoms with Crippen LogP contribution >= 0.6 is 0 Å². The van der Waals surface area contributed by atoms with Gasteiger partial charge in [-0.2, -0.15) is 0 Å². The zero-order valence-corrected chi connectivity index (χ0v) is 15.9. The molecule has 0 radical (unpaired) electrons. The van der Waals surface area contributed by atoms with Crippen molar-refractivity contribution in [2.24, 2.45) is 0 Å². The lowest BCUT2D eigenvalue weighted by atomic mass is 9.45. The molecule has 0 bridgehead atoms. The van der Waals surface area contributed by atoms with Crippen LogP contribution in [0.3, 0.4) is 0 Å². The molecule has 0 saturated carbocycles. The first-order valence-electron chi connectivity index (χ1n) is 9.54. The fourth-order valence-corrected chi connectivity index (χ4v) is 3.75. The van der Waals surface area contributed by atoms with Crippen LogP contribution in [-0.2, 0) is 19.3 Å². The summed E-state index contributed by atoms with van der Waals surface area (Å²) >= 11 is 0. The normalized spacial score (nSPS) is 12.9. The maximum absolute atomic E-state index is 13.0. The number of hydrogen-bond acceptors (Lipinski definition) is 3. The van der Waals surface area contributed by atoms with Crippen molar-refractivity contribution in [3.63, 3.8) is 0 Å². The van der Waals surface area contributed by atoms with E-state index < -0.39 is 0 Å². The molecule has 0 unspecified atom stereocenters. The lowest BCUT2D eigenvalue weighted by Crippen LogP contribution is -2.28. The summed E-state index contributed by atoms with van der Waals surface area (Å²) in [6, 6.07) is 17.8. The minimum atomic E-state index is -0.216. The van der Waals surface area contributed by atoms with Crippen LogP contribution in [0.25, 0.3) is 0 Å². The minimum Gasteiger partial charge on any atom is -0.332 e. The fourth-order valence-electron chi connectivity index (χ4n) is 3.75. The van der Waals surface area contributed by atoms with E-state index in [2.05, 4.69) is 28.0 Å². The summed E-state index contributed by atoms with van der Waals surface area (Å²) in [5.74, 6) is 3.02. The third-order valence-electron chi connectivity index (χ3n) is 5.17. The Hall–Kier alpha value is -3.33. The van der Waals surface area contributed by atoms with Crippen LogP contribution in [0.4, 0.5) is 5.69 Å². The summed E-state index contributed by atoms with van der Waals surface area (Å²) in [6.45, 7) is 2.64. The van der Waals surface area contributed by atoms with Crippen LogP contribution in [0.5, 0.6) is 0 Å². The number of imidazole rings is 1. The molecule has 0 saturated heterocycles. The van der Waals surface area contributed by atoms with Gasteiger partial charge in [-0.25, -0.2) is 10.2 Å². The average Bonchev–Trinajstić information content (AvgIpc) is 3.06. The fraction of sp³-hybridized carbons (Fsp3) is 0.227. The molecule has 1 aliphatic rings. The minimum absolute atomic E-state index is 0.0701. The third-order valence-corrected chi connectivity index (χ3v) is 5.17. The second-order valence-electron chi connectivity index (χ2n) is 7.28. The van der Waals surface area contributed by atoms with E-state index in [-0.39, 0.29) is 12.6 Å². The molecule has 3 aromatic rings. The van der Waals surface area contributed by atoms with E-state index in [9.17, 15) is 10.1 Å². The number of rotatable bonds is 4. The van der Waals surface area contributed by atoms with Crippen molar-refractivity contribution < 1.29 is 4.79 Å². The Morgan fingerprint density at radius 3 is 2.82 bits per heavy atom. The van der Waals surface area contributed by atoms with Crippen LogP contribution < -0.4 is 5.32 Å². The Morgan fingerprint density at radius 2 is 2.07 bits per heavy atom. The molecule has 138 valence electrons. The highest BCUT2D eigenvalue weighted by Crippen LogP contribution is 2.24. The van der Waals surface area contributed by atoms with Gasteiger partial charge in [-0.1, -0.05) is 42.5 Å². The number of hydrogen-bond donors (Lipinski definition) is 1. The van der Waals surface area contributed by atoms with Gasteiger partial charge in [0, 0.05) is 30.3 Å². The highest BCUT2D eigenvalue weighted by atomic mass is 16.1. The number of nitrogens with one attached hydrogen (secondary N) is 1. The molecule has 0 spiro atoms. The third kappa shape index (κ3) is 3.70. The first-order chi connectivity index (χ1) is 13.6. The quantitative estimate of drug-likeness (QED) is 0.714. The van der Waals surface area contributed by atoms with Gasteiger partial charge >= 0.3 is 0 Å². The number of benzene rings is 2. The van der Waals surface area contributed by atoms with E-state index in [0.29, 0.717) is 18.4 Å². The van der Waals surface area contributed by atoms with Crippen LogP contribution in [0, 0.1) is 18.2 Å². The van der Waals surface area contributed by atoms with Crippen LogP contribution in [-0.4, -0.2) is 22.2 Å². The molecule has 4 rings (SSSR count). The first kappa shape index (κ1) is 18.1. The van der Waals surface area contributed by atoms with Crippen molar-refractivity contribution in [2.45, 2.75) is 32.5 Å². The standard InChI is InChI=1S/C22H21BN4O/c1-16-6-5-9-18(12-16)25-22(28)21-19-14-23(15-24)10-11-27(19)20(26-21)13-17-7-3-2-4-8-17/h2-9,12H,10-11,13-14H2,1H3,(H,25,28). The van der Waals surface area contributed by atoms with Crippen LogP contribution in [0.1, 0.15) is 33.1 Å². The topological polar surface area (TPSA) is 70.7 Å². The molecule has 28 heavy (non-hydrogen) atoms. The molecule has 2 heterocycles. The number of carbonyl (C=O) groups excluding carboxylic acids is 1. The average molecular weight is 368 g/mol. The number of fused-ring (bicyclic) bond motifs is 1. The Kier molecular flexibility index (Phi) is 4.99. The predicted molar refractivity (Wildman–Crippen MR) is 110 cm³/mol. The smallest absolute Gasteiger partial charge is 0.276 e. The largest absolute Gasteiger partial charge is 0.332 e. The molecule has 0 aliphatic carbocycles. The molecule has 6 heteroatoms. The number of nitrogens with zero attached hydrogens (tertiary/aromatic N) is 3. The number of amides is 1. The molecule has 0 atom stereocenters. The number of aryl methyl sites for hydroxylation is 1. The van der Waals surface area contributed by atoms with Crippen molar-refractivity contribution in [1.29, 1.82) is 5.26 Å². The van der Waals surface area contributed by atoms with Crippen molar-refractivity contribution in [3.05, 3.63) is 82.9 Å². The Labute approximate surface area is 165 Å². The highest BCUT2D eigenvalue weighted by molar-refractivity contribution is 6.66. The van der Waals surface area contributed by atoms with E-state index in [4.69, 9.17) is 4.98 Å². The lowest BCUT2D eigenvalue weighted by Gasteiger charge is -2.19. The van der Waals surface area contributed by atoms with E-state index >= 15 is 0 Å². The zero-order valence-electron chi connectivity index (χ0n) is 15.9. The van der Waals surface area contributed by atoms with Gasteiger partial charge in [0.2, 0.25) is 0 Å². The van der Waals surface area contributed by atoms with Gasteiger partial charge in [0.1, 0.15) is 11.5 Å². The Balaban J connectivity index is 1.68. The lowest BCUT2D eigenvalue weighted by molar-refractivity contribution is 0.102.